The third-order valence-corrected chi connectivity index (χ3v) is 3.52. The first-order chi connectivity index (χ1) is 8.06. The van der Waals surface area contributed by atoms with E-state index >= 15 is 0 Å². The van der Waals surface area contributed by atoms with E-state index in [4.69, 9.17) is 0 Å². The van der Waals surface area contributed by atoms with E-state index in [1.807, 2.05) is 31.8 Å². The smallest absolute Gasteiger partial charge is 0.144 e. The second-order valence-electron chi connectivity index (χ2n) is 4.28. The summed E-state index contributed by atoms with van der Waals surface area (Å²) in [7, 11) is 4.00. The van der Waals surface area contributed by atoms with Crippen LogP contribution in [-0.2, 0) is 6.54 Å². The molecule has 17 heavy (non-hydrogen) atoms. The highest BCUT2D eigenvalue weighted by molar-refractivity contribution is 7.98. The Hall–Kier alpha value is -0.810. The standard InChI is InChI=1S/C12H22N4S/c1-9-6-11(13-3)15-12(14-9)7-16(4)10(2)8-17-5/h6,10H,7-8H2,1-5H3,(H,13,14,15). The predicted molar refractivity (Wildman–Crippen MR) is 75.6 cm³/mol. The first kappa shape index (κ1) is 14.3. The highest BCUT2D eigenvalue weighted by atomic mass is 32.2. The van der Waals surface area contributed by atoms with Gasteiger partial charge in [0.2, 0.25) is 0 Å². The summed E-state index contributed by atoms with van der Waals surface area (Å²) < 4.78 is 0. The number of anilines is 1. The van der Waals surface area contributed by atoms with Crippen LogP contribution in [0.1, 0.15) is 18.4 Å². The van der Waals surface area contributed by atoms with E-state index in [9.17, 15) is 0 Å². The second kappa shape index (κ2) is 6.81. The summed E-state index contributed by atoms with van der Waals surface area (Å²) in [4.78, 5) is 11.2. The minimum atomic E-state index is 0.534. The Kier molecular flexibility index (Phi) is 5.71. The zero-order chi connectivity index (χ0) is 12.8. The summed E-state index contributed by atoms with van der Waals surface area (Å²) in [5, 5.41) is 3.06. The van der Waals surface area contributed by atoms with Gasteiger partial charge in [0, 0.05) is 30.6 Å². The van der Waals surface area contributed by atoms with Crippen LogP contribution in [0.15, 0.2) is 6.07 Å². The summed E-state index contributed by atoms with van der Waals surface area (Å²) in [6, 6.07) is 2.49. The fraction of sp³-hybridized carbons (Fsp3) is 0.667. The van der Waals surface area contributed by atoms with E-state index < -0.39 is 0 Å². The Bertz CT molecular complexity index is 356. The number of hydrogen-bond donors (Lipinski definition) is 1. The molecule has 96 valence electrons. The molecule has 1 unspecified atom stereocenters. The van der Waals surface area contributed by atoms with E-state index in [0.29, 0.717) is 6.04 Å². The molecule has 1 atom stereocenters. The van der Waals surface area contributed by atoms with Gasteiger partial charge in [-0.15, -0.1) is 0 Å². The minimum absolute atomic E-state index is 0.534. The Morgan fingerprint density at radius 2 is 2.18 bits per heavy atom. The van der Waals surface area contributed by atoms with Crippen molar-refractivity contribution in [3.63, 3.8) is 0 Å². The monoisotopic (exact) mass is 254 g/mol. The third-order valence-electron chi connectivity index (χ3n) is 2.71. The maximum absolute atomic E-state index is 4.46. The molecule has 0 amide bonds. The van der Waals surface area contributed by atoms with Gasteiger partial charge in [-0.3, -0.25) is 4.90 Å². The summed E-state index contributed by atoms with van der Waals surface area (Å²) in [5.41, 5.74) is 1.00. The zero-order valence-corrected chi connectivity index (χ0v) is 12.1. The molecule has 0 bridgehead atoms. The molecule has 1 N–H and O–H groups in total. The number of rotatable bonds is 6. The molecule has 0 saturated carbocycles. The molecule has 0 fully saturated rings. The van der Waals surface area contributed by atoms with Gasteiger partial charge in [-0.1, -0.05) is 0 Å². The molecular weight excluding hydrogens is 232 g/mol. The number of nitrogens with zero attached hydrogens (tertiary/aromatic N) is 3. The van der Waals surface area contributed by atoms with Crippen molar-refractivity contribution in [1.29, 1.82) is 0 Å². The highest BCUT2D eigenvalue weighted by Gasteiger charge is 2.11. The van der Waals surface area contributed by atoms with E-state index in [1.165, 1.54) is 0 Å². The average molecular weight is 254 g/mol. The van der Waals surface area contributed by atoms with E-state index in [0.717, 1.165) is 29.6 Å². The summed E-state index contributed by atoms with van der Waals surface area (Å²) >= 11 is 1.86. The Morgan fingerprint density at radius 1 is 1.47 bits per heavy atom. The summed E-state index contributed by atoms with van der Waals surface area (Å²) in [5.74, 6) is 2.89. The van der Waals surface area contributed by atoms with Crippen LogP contribution in [0.5, 0.6) is 0 Å². The molecule has 4 nitrogen and oxygen atoms in total. The normalized spacial score (nSPS) is 12.8. The lowest BCUT2D eigenvalue weighted by molar-refractivity contribution is 0.263. The molecule has 5 heteroatoms. The van der Waals surface area contributed by atoms with Crippen LogP contribution in [-0.4, -0.2) is 47.0 Å². The van der Waals surface area contributed by atoms with Gasteiger partial charge >= 0.3 is 0 Å². The van der Waals surface area contributed by atoms with Gasteiger partial charge in [0.05, 0.1) is 6.54 Å². The molecule has 0 aromatic carbocycles. The largest absolute Gasteiger partial charge is 0.373 e. The van der Waals surface area contributed by atoms with Crippen LogP contribution in [0.2, 0.25) is 0 Å². The molecule has 1 aromatic heterocycles. The van der Waals surface area contributed by atoms with Gasteiger partial charge in [0.15, 0.2) is 0 Å². The number of aromatic nitrogens is 2. The van der Waals surface area contributed by atoms with E-state index in [-0.39, 0.29) is 0 Å². The van der Waals surface area contributed by atoms with Crippen molar-refractivity contribution in [1.82, 2.24) is 14.9 Å². The molecule has 0 saturated heterocycles. The molecule has 0 spiro atoms. The lowest BCUT2D eigenvalue weighted by atomic mass is 10.3. The van der Waals surface area contributed by atoms with Crippen molar-refractivity contribution in [2.75, 3.05) is 31.4 Å². The van der Waals surface area contributed by atoms with E-state index in [1.54, 1.807) is 0 Å². The van der Waals surface area contributed by atoms with Crippen LogP contribution < -0.4 is 5.32 Å². The van der Waals surface area contributed by atoms with Crippen LogP contribution in [0, 0.1) is 6.92 Å². The fourth-order valence-corrected chi connectivity index (χ4v) is 2.31. The Balaban J connectivity index is 2.70. The molecule has 1 aromatic rings. The maximum atomic E-state index is 4.46. The number of nitrogens with one attached hydrogen (secondary N) is 1. The molecule has 0 radical (unpaired) electrons. The molecule has 0 aliphatic carbocycles. The lowest BCUT2D eigenvalue weighted by Crippen LogP contribution is -2.31. The molecule has 0 aliphatic rings. The summed E-state index contributed by atoms with van der Waals surface area (Å²) in [6.45, 7) is 5.01. The van der Waals surface area contributed by atoms with Gasteiger partial charge in [0.1, 0.15) is 11.6 Å². The van der Waals surface area contributed by atoms with Crippen LogP contribution in [0.3, 0.4) is 0 Å². The van der Waals surface area contributed by atoms with Gasteiger partial charge in [0.25, 0.3) is 0 Å². The Labute approximate surface area is 108 Å². The fourth-order valence-electron chi connectivity index (χ4n) is 1.58. The predicted octanol–water partition coefficient (Wildman–Crippen LogP) is 2.01. The van der Waals surface area contributed by atoms with Crippen LogP contribution in [0.4, 0.5) is 5.82 Å². The zero-order valence-electron chi connectivity index (χ0n) is 11.3. The van der Waals surface area contributed by atoms with Crippen molar-refractivity contribution in [2.24, 2.45) is 0 Å². The van der Waals surface area contributed by atoms with Gasteiger partial charge < -0.3 is 5.32 Å². The van der Waals surface area contributed by atoms with Crippen LogP contribution >= 0.6 is 11.8 Å². The number of aryl methyl sites for hydroxylation is 1. The Morgan fingerprint density at radius 3 is 2.76 bits per heavy atom. The van der Waals surface area contributed by atoms with Gasteiger partial charge in [-0.05, 0) is 27.2 Å². The van der Waals surface area contributed by atoms with Gasteiger partial charge in [-0.25, -0.2) is 9.97 Å². The minimum Gasteiger partial charge on any atom is -0.373 e. The first-order valence-corrected chi connectivity index (χ1v) is 7.17. The van der Waals surface area contributed by atoms with Crippen molar-refractivity contribution in [3.05, 3.63) is 17.6 Å². The quantitative estimate of drug-likeness (QED) is 0.841. The maximum Gasteiger partial charge on any atom is 0.144 e. The summed E-state index contributed by atoms with van der Waals surface area (Å²) in [6.07, 6.45) is 2.13. The van der Waals surface area contributed by atoms with Crippen molar-refractivity contribution >= 4 is 17.6 Å². The first-order valence-electron chi connectivity index (χ1n) is 5.78. The number of thioether (sulfide) groups is 1. The van der Waals surface area contributed by atoms with Crippen LogP contribution in [0.25, 0.3) is 0 Å². The SMILES string of the molecule is CNc1cc(C)nc(CN(C)C(C)CSC)n1. The average Bonchev–Trinajstić information content (AvgIpc) is 2.28. The topological polar surface area (TPSA) is 41.1 Å². The second-order valence-corrected chi connectivity index (χ2v) is 5.19. The lowest BCUT2D eigenvalue weighted by Gasteiger charge is -2.23. The molecule has 1 heterocycles. The van der Waals surface area contributed by atoms with Crippen molar-refractivity contribution < 1.29 is 0 Å². The van der Waals surface area contributed by atoms with Crippen molar-refractivity contribution in [3.8, 4) is 0 Å². The molecular formula is C12H22N4S. The molecule has 0 aliphatic heterocycles. The van der Waals surface area contributed by atoms with E-state index in [2.05, 4.69) is 40.4 Å². The third kappa shape index (κ3) is 4.52. The highest BCUT2D eigenvalue weighted by Crippen LogP contribution is 2.10. The number of hydrogen-bond acceptors (Lipinski definition) is 5. The van der Waals surface area contributed by atoms with Crippen molar-refractivity contribution in [2.45, 2.75) is 26.4 Å². The molecule has 1 rings (SSSR count). The van der Waals surface area contributed by atoms with Gasteiger partial charge in [-0.2, -0.15) is 11.8 Å².